The normalized spacial score (nSPS) is 20.6. The van der Waals surface area contributed by atoms with Gasteiger partial charge in [-0.25, -0.2) is 0 Å². The summed E-state index contributed by atoms with van der Waals surface area (Å²) in [5.41, 5.74) is 2.17. The van der Waals surface area contributed by atoms with Gasteiger partial charge in [0.1, 0.15) is 0 Å². The SMILES string of the molecule is CCC=CCCCCOCCC1CCC(c2ccc(C#N)cc2)CC1. The summed E-state index contributed by atoms with van der Waals surface area (Å²) >= 11 is 0. The first-order valence-electron chi connectivity index (χ1n) is 10.1. The molecule has 0 amide bonds. The zero-order chi connectivity index (χ0) is 17.7. The van der Waals surface area contributed by atoms with E-state index in [0.29, 0.717) is 5.92 Å². The topological polar surface area (TPSA) is 33.0 Å². The van der Waals surface area contributed by atoms with Gasteiger partial charge in [0.05, 0.1) is 11.6 Å². The van der Waals surface area contributed by atoms with Crippen LogP contribution in [0.4, 0.5) is 0 Å². The minimum Gasteiger partial charge on any atom is -0.381 e. The number of nitrogens with zero attached hydrogens (tertiary/aromatic N) is 1. The average molecular weight is 340 g/mol. The Bertz CT molecular complexity index is 532. The van der Waals surface area contributed by atoms with Crippen LogP contribution in [0.2, 0.25) is 0 Å². The lowest BCUT2D eigenvalue weighted by Crippen LogP contribution is -2.15. The van der Waals surface area contributed by atoms with E-state index < -0.39 is 0 Å². The van der Waals surface area contributed by atoms with Crippen molar-refractivity contribution in [2.75, 3.05) is 13.2 Å². The van der Waals surface area contributed by atoms with Gasteiger partial charge in [-0.3, -0.25) is 0 Å². The number of benzene rings is 1. The predicted octanol–water partition coefficient (Wildman–Crippen LogP) is 6.38. The van der Waals surface area contributed by atoms with Crippen molar-refractivity contribution in [3.8, 4) is 6.07 Å². The highest BCUT2D eigenvalue weighted by atomic mass is 16.5. The molecule has 136 valence electrons. The minimum absolute atomic E-state index is 0.682. The Morgan fingerprint density at radius 3 is 2.48 bits per heavy atom. The molecule has 1 aliphatic carbocycles. The summed E-state index contributed by atoms with van der Waals surface area (Å²) in [5, 5.41) is 8.89. The largest absolute Gasteiger partial charge is 0.381 e. The van der Waals surface area contributed by atoms with Crippen LogP contribution in [0.3, 0.4) is 0 Å². The van der Waals surface area contributed by atoms with Crippen molar-refractivity contribution in [2.24, 2.45) is 5.92 Å². The summed E-state index contributed by atoms with van der Waals surface area (Å²) in [4.78, 5) is 0. The molecule has 0 spiro atoms. The second-order valence-corrected chi connectivity index (χ2v) is 7.23. The number of allylic oxidation sites excluding steroid dienone is 2. The van der Waals surface area contributed by atoms with Crippen molar-refractivity contribution in [1.29, 1.82) is 5.26 Å². The smallest absolute Gasteiger partial charge is 0.0991 e. The lowest BCUT2D eigenvalue weighted by atomic mass is 9.77. The highest BCUT2D eigenvalue weighted by Crippen LogP contribution is 2.37. The van der Waals surface area contributed by atoms with Crippen molar-refractivity contribution >= 4 is 0 Å². The highest BCUT2D eigenvalue weighted by Gasteiger charge is 2.22. The summed E-state index contributed by atoms with van der Waals surface area (Å²) in [6, 6.07) is 10.4. The fourth-order valence-electron chi connectivity index (χ4n) is 3.72. The summed E-state index contributed by atoms with van der Waals surface area (Å²) < 4.78 is 5.83. The van der Waals surface area contributed by atoms with Crippen LogP contribution in [-0.2, 0) is 4.74 Å². The van der Waals surface area contributed by atoms with Crippen LogP contribution >= 0.6 is 0 Å². The lowest BCUT2D eigenvalue weighted by molar-refractivity contribution is 0.109. The Labute approximate surface area is 153 Å². The summed E-state index contributed by atoms with van der Waals surface area (Å²) in [6.45, 7) is 4.02. The van der Waals surface area contributed by atoms with E-state index in [0.717, 1.165) is 31.1 Å². The van der Waals surface area contributed by atoms with Crippen molar-refractivity contribution in [2.45, 2.75) is 70.6 Å². The van der Waals surface area contributed by atoms with Crippen molar-refractivity contribution in [3.63, 3.8) is 0 Å². The van der Waals surface area contributed by atoms with Crippen LogP contribution in [-0.4, -0.2) is 13.2 Å². The van der Waals surface area contributed by atoms with Crippen LogP contribution in [0.1, 0.15) is 81.8 Å². The average Bonchev–Trinajstić information content (AvgIpc) is 2.67. The first-order valence-corrected chi connectivity index (χ1v) is 10.1. The number of rotatable bonds is 10. The van der Waals surface area contributed by atoms with Gasteiger partial charge in [-0.05, 0) is 87.3 Å². The maximum absolute atomic E-state index is 8.89. The van der Waals surface area contributed by atoms with Gasteiger partial charge in [0.25, 0.3) is 0 Å². The Morgan fingerprint density at radius 2 is 1.80 bits per heavy atom. The van der Waals surface area contributed by atoms with Gasteiger partial charge in [-0.15, -0.1) is 0 Å². The zero-order valence-electron chi connectivity index (χ0n) is 15.8. The van der Waals surface area contributed by atoms with E-state index in [1.54, 1.807) is 0 Å². The quantitative estimate of drug-likeness (QED) is 0.366. The molecule has 0 saturated heterocycles. The Hall–Kier alpha value is -1.59. The molecule has 0 atom stereocenters. The fourth-order valence-corrected chi connectivity index (χ4v) is 3.72. The Morgan fingerprint density at radius 1 is 1.04 bits per heavy atom. The van der Waals surface area contributed by atoms with E-state index in [1.807, 2.05) is 12.1 Å². The molecule has 0 bridgehead atoms. The number of hydrogen-bond donors (Lipinski definition) is 0. The van der Waals surface area contributed by atoms with Gasteiger partial charge in [0.2, 0.25) is 0 Å². The first-order chi connectivity index (χ1) is 12.3. The standard InChI is InChI=1S/C23H33NO/c1-2-3-4-5-6-7-17-25-18-16-20-8-12-22(13-9-20)23-14-10-21(19-24)11-15-23/h3-4,10-11,14-15,20,22H,2,5-9,12-13,16-18H2,1H3. The zero-order valence-corrected chi connectivity index (χ0v) is 15.8. The van der Waals surface area contributed by atoms with E-state index in [4.69, 9.17) is 10.00 Å². The highest BCUT2D eigenvalue weighted by molar-refractivity contribution is 5.33. The predicted molar refractivity (Wildman–Crippen MR) is 105 cm³/mol. The van der Waals surface area contributed by atoms with Crippen LogP contribution in [0.5, 0.6) is 0 Å². The second kappa shape index (κ2) is 11.9. The number of hydrogen-bond acceptors (Lipinski definition) is 2. The van der Waals surface area contributed by atoms with E-state index in [2.05, 4.69) is 37.3 Å². The molecule has 1 aromatic rings. The number of unbranched alkanes of at least 4 members (excludes halogenated alkanes) is 2. The third kappa shape index (κ3) is 7.45. The number of nitriles is 1. The third-order valence-corrected chi connectivity index (χ3v) is 5.34. The van der Waals surface area contributed by atoms with Gasteiger partial charge >= 0.3 is 0 Å². The molecule has 1 aromatic carbocycles. The maximum atomic E-state index is 8.89. The third-order valence-electron chi connectivity index (χ3n) is 5.34. The first kappa shape index (κ1) is 19.7. The molecule has 0 unspecified atom stereocenters. The van der Waals surface area contributed by atoms with Crippen LogP contribution in [0, 0.1) is 17.2 Å². The molecular weight excluding hydrogens is 306 g/mol. The van der Waals surface area contributed by atoms with E-state index >= 15 is 0 Å². The van der Waals surface area contributed by atoms with Crippen LogP contribution in [0.25, 0.3) is 0 Å². The van der Waals surface area contributed by atoms with Gasteiger partial charge < -0.3 is 4.74 Å². The maximum Gasteiger partial charge on any atom is 0.0991 e. The minimum atomic E-state index is 0.682. The monoisotopic (exact) mass is 339 g/mol. The van der Waals surface area contributed by atoms with Gasteiger partial charge in [0.15, 0.2) is 0 Å². The van der Waals surface area contributed by atoms with Crippen LogP contribution < -0.4 is 0 Å². The fraction of sp³-hybridized carbons (Fsp3) is 0.609. The lowest BCUT2D eigenvalue weighted by Gasteiger charge is -2.28. The van der Waals surface area contributed by atoms with Crippen molar-refractivity contribution in [1.82, 2.24) is 0 Å². The molecule has 25 heavy (non-hydrogen) atoms. The molecule has 0 radical (unpaired) electrons. The molecule has 0 N–H and O–H groups in total. The molecular formula is C23H33NO. The van der Waals surface area contributed by atoms with Crippen LogP contribution in [0.15, 0.2) is 36.4 Å². The Kier molecular flexibility index (Phi) is 9.37. The van der Waals surface area contributed by atoms with Gasteiger partial charge in [-0.2, -0.15) is 5.26 Å². The molecule has 0 aromatic heterocycles. The molecule has 2 heteroatoms. The van der Waals surface area contributed by atoms with Gasteiger partial charge in [0, 0.05) is 13.2 Å². The number of ether oxygens (including phenoxy) is 1. The molecule has 0 heterocycles. The summed E-state index contributed by atoms with van der Waals surface area (Å²) in [6.07, 6.45) is 15.7. The molecule has 1 fully saturated rings. The second-order valence-electron chi connectivity index (χ2n) is 7.23. The summed E-state index contributed by atoms with van der Waals surface area (Å²) in [7, 11) is 0. The van der Waals surface area contributed by atoms with E-state index in [1.165, 1.54) is 56.9 Å². The molecule has 2 nitrogen and oxygen atoms in total. The molecule has 2 rings (SSSR count). The van der Waals surface area contributed by atoms with E-state index in [-0.39, 0.29) is 0 Å². The van der Waals surface area contributed by atoms with Crippen molar-refractivity contribution in [3.05, 3.63) is 47.5 Å². The molecule has 0 aliphatic heterocycles. The summed E-state index contributed by atoms with van der Waals surface area (Å²) in [5.74, 6) is 1.52. The Balaban J connectivity index is 1.53. The molecule has 1 saturated carbocycles. The van der Waals surface area contributed by atoms with E-state index in [9.17, 15) is 0 Å². The molecule has 1 aliphatic rings. The van der Waals surface area contributed by atoms with Gasteiger partial charge in [-0.1, -0.05) is 31.2 Å². The van der Waals surface area contributed by atoms with Crippen molar-refractivity contribution < 1.29 is 4.74 Å².